The van der Waals surface area contributed by atoms with Crippen LogP contribution in [0.5, 0.6) is 11.5 Å². The van der Waals surface area contributed by atoms with Crippen LogP contribution in [0, 0.1) is 11.6 Å². The first-order valence-corrected chi connectivity index (χ1v) is 16.5. The number of piperazine rings is 1. The van der Waals surface area contributed by atoms with E-state index < -0.39 is 41.8 Å². The Labute approximate surface area is 284 Å². The first kappa shape index (κ1) is 33.3. The van der Waals surface area contributed by atoms with Crippen LogP contribution in [0.1, 0.15) is 30.4 Å². The van der Waals surface area contributed by atoms with E-state index in [0.29, 0.717) is 29.2 Å². The number of ether oxygens (including phenoxy) is 2. The molecule has 2 bridgehead atoms. The number of halogens is 3. The number of rotatable bonds is 11. The number of amides is 3. The van der Waals surface area contributed by atoms with Crippen LogP contribution in [0.4, 0.5) is 18.4 Å². The maximum atomic E-state index is 14.5. The molecule has 3 amide bonds. The zero-order valence-electron chi connectivity index (χ0n) is 25.9. The van der Waals surface area contributed by atoms with Gasteiger partial charge in [-0.15, -0.1) is 0 Å². The zero-order valence-corrected chi connectivity index (χ0v) is 27.4. The maximum Gasteiger partial charge on any atom is 0.408 e. The van der Waals surface area contributed by atoms with Crippen molar-refractivity contribution >= 4 is 39.6 Å². The summed E-state index contributed by atoms with van der Waals surface area (Å²) in [4.78, 5) is 43.1. The van der Waals surface area contributed by atoms with Crippen LogP contribution in [0.15, 0.2) is 76.8 Å². The molecule has 0 radical (unpaired) electrons. The average molecular weight is 727 g/mol. The topological polar surface area (TPSA) is 120 Å². The van der Waals surface area contributed by atoms with Gasteiger partial charge in [0.25, 0.3) is 5.91 Å². The van der Waals surface area contributed by atoms with Crippen LogP contribution < -0.4 is 9.47 Å². The van der Waals surface area contributed by atoms with Crippen molar-refractivity contribution in [2.75, 3.05) is 32.8 Å². The Kier molecular flexibility index (Phi) is 9.86. The summed E-state index contributed by atoms with van der Waals surface area (Å²) in [6, 6.07) is 16.6. The highest BCUT2D eigenvalue weighted by Gasteiger charge is 2.49. The van der Waals surface area contributed by atoms with Gasteiger partial charge in [0, 0.05) is 35.7 Å². The quantitative estimate of drug-likeness (QED) is 0.223. The zero-order chi connectivity index (χ0) is 33.9. The number of fused-ring (bicyclic) bond motifs is 2. The fraction of sp³-hybridized carbons (Fsp3) is 0.343. The number of nitrogens with zero attached hydrogens (tertiary/aromatic N) is 3. The van der Waals surface area contributed by atoms with Gasteiger partial charge in [-0.25, -0.2) is 18.4 Å². The van der Waals surface area contributed by atoms with E-state index in [0.717, 1.165) is 28.3 Å². The van der Waals surface area contributed by atoms with Crippen LogP contribution in [0.25, 0.3) is 5.57 Å². The maximum absolute atomic E-state index is 14.5. The van der Waals surface area contributed by atoms with Gasteiger partial charge in [0.15, 0.2) is 11.6 Å². The van der Waals surface area contributed by atoms with E-state index in [1.807, 2.05) is 24.3 Å². The van der Waals surface area contributed by atoms with Crippen molar-refractivity contribution in [1.29, 1.82) is 0 Å². The smallest absolute Gasteiger partial charge is 0.408 e. The average Bonchev–Trinajstić information content (AvgIpc) is 3.91. The predicted octanol–water partition coefficient (Wildman–Crippen LogP) is 6.29. The first-order valence-electron chi connectivity index (χ1n) is 15.7. The normalized spacial score (nSPS) is 18.8. The lowest BCUT2D eigenvalue weighted by molar-refractivity contribution is -0.128. The van der Waals surface area contributed by atoms with Gasteiger partial charge in [-0.2, -0.15) is 0 Å². The van der Waals surface area contributed by atoms with Gasteiger partial charge in [0.05, 0.1) is 12.1 Å². The summed E-state index contributed by atoms with van der Waals surface area (Å²) in [5.74, 6) is -1.09. The number of benzene rings is 3. The molecule has 3 aromatic carbocycles. The molecule has 2 atom stereocenters. The number of carbonyl (C=O) groups is 3. The molecular weight excluding hydrogens is 692 g/mol. The molecule has 3 aromatic rings. The van der Waals surface area contributed by atoms with Crippen molar-refractivity contribution in [2.24, 2.45) is 0 Å². The van der Waals surface area contributed by atoms with Crippen molar-refractivity contribution in [2.45, 2.75) is 43.8 Å². The van der Waals surface area contributed by atoms with E-state index in [9.17, 15) is 33.4 Å². The molecule has 0 spiro atoms. The van der Waals surface area contributed by atoms with Crippen molar-refractivity contribution < 1.29 is 42.9 Å². The lowest BCUT2D eigenvalue weighted by atomic mass is 9.81. The highest BCUT2D eigenvalue weighted by molar-refractivity contribution is 9.10. The number of hydrogen-bond donors (Lipinski definition) is 2. The molecule has 48 heavy (non-hydrogen) atoms. The molecule has 10 nitrogen and oxygen atoms in total. The second-order valence-electron chi connectivity index (χ2n) is 12.0. The lowest BCUT2D eigenvalue weighted by Gasteiger charge is -2.49. The third-order valence-electron chi connectivity index (χ3n) is 8.91. The van der Waals surface area contributed by atoms with E-state index in [-0.39, 0.29) is 56.3 Å². The largest absolute Gasteiger partial charge is 0.490 e. The molecule has 2 N–H and O–H groups in total. The van der Waals surface area contributed by atoms with Crippen LogP contribution in [-0.4, -0.2) is 94.0 Å². The Bertz CT molecular complexity index is 1720. The summed E-state index contributed by atoms with van der Waals surface area (Å²) in [7, 11) is 0. The summed E-state index contributed by atoms with van der Waals surface area (Å²) in [5, 5.41) is 20.1. The molecule has 6 rings (SSSR count). The molecule has 1 saturated heterocycles. The highest BCUT2D eigenvalue weighted by atomic mass is 79.9. The van der Waals surface area contributed by atoms with Gasteiger partial charge in [0.2, 0.25) is 0 Å². The van der Waals surface area contributed by atoms with Crippen LogP contribution in [0.2, 0.25) is 0 Å². The molecular formula is C35H34BrF2N3O7. The highest BCUT2D eigenvalue weighted by Crippen LogP contribution is 2.41. The van der Waals surface area contributed by atoms with E-state index >= 15 is 0 Å². The van der Waals surface area contributed by atoms with Gasteiger partial charge in [-0.1, -0.05) is 40.2 Å². The molecule has 1 aliphatic carbocycles. The van der Waals surface area contributed by atoms with Gasteiger partial charge in [-0.3, -0.25) is 9.69 Å². The number of hydrogen-bond acceptors (Lipinski definition) is 5. The van der Waals surface area contributed by atoms with Crippen LogP contribution >= 0.6 is 15.9 Å². The number of carbonyl (C=O) groups excluding carboxylic acids is 1. The van der Waals surface area contributed by atoms with E-state index in [1.165, 1.54) is 17.0 Å². The molecule has 252 valence electrons. The second-order valence-corrected chi connectivity index (χ2v) is 12.9. The van der Waals surface area contributed by atoms with E-state index in [2.05, 4.69) is 15.9 Å². The van der Waals surface area contributed by atoms with Gasteiger partial charge < -0.3 is 29.5 Å². The fourth-order valence-corrected chi connectivity index (χ4v) is 6.74. The summed E-state index contributed by atoms with van der Waals surface area (Å²) >= 11 is 3.39. The predicted molar refractivity (Wildman–Crippen MR) is 175 cm³/mol. The molecule has 0 aromatic heterocycles. The Balaban J connectivity index is 1.28. The third kappa shape index (κ3) is 7.25. The minimum atomic E-state index is -1.24. The van der Waals surface area contributed by atoms with E-state index in [4.69, 9.17) is 9.47 Å². The Morgan fingerprint density at radius 3 is 2.12 bits per heavy atom. The summed E-state index contributed by atoms with van der Waals surface area (Å²) < 4.78 is 41.0. The van der Waals surface area contributed by atoms with Gasteiger partial charge in [0.1, 0.15) is 24.7 Å². The molecule has 1 saturated carbocycles. The third-order valence-corrected chi connectivity index (χ3v) is 9.44. The number of carboxylic acid groups (broad SMARTS) is 2. The van der Waals surface area contributed by atoms with Crippen LogP contribution in [0.3, 0.4) is 0 Å². The molecule has 2 fully saturated rings. The summed E-state index contributed by atoms with van der Waals surface area (Å²) in [6.45, 7) is 0.444. The van der Waals surface area contributed by atoms with Gasteiger partial charge >= 0.3 is 12.2 Å². The lowest BCUT2D eigenvalue weighted by Crippen LogP contribution is -2.65. The van der Waals surface area contributed by atoms with Crippen LogP contribution in [-0.2, 0) is 11.2 Å². The standard InChI is InChI=1S/C35H34BrF2N3O7/c36-23-6-12-27(13-7-23)48-17-16-47-26-10-4-21(5-11-26)28-18-25-19-39(34(43)44)20-30(41(25)35(45)46)31(28)33(42)40(24-8-9-24)15-14-22-2-1-3-29(37)32(22)38/h1-7,10-13,24-25,30H,8-9,14-20H2,(H,43,44)(H,45,46)/t25-,30-/m1/s1. The second kappa shape index (κ2) is 14.2. The SMILES string of the molecule is O=C(O)N1C[C@H]2CC(c3ccc(OCCOc4ccc(Br)cc4)cc3)=C(C(=O)N(CCc3cccc(F)c3F)C3CC3)[C@@H](C1)N2C(=O)O. The molecule has 3 aliphatic rings. The fourth-order valence-electron chi connectivity index (χ4n) is 6.47. The molecule has 13 heteroatoms. The van der Waals surface area contributed by atoms with Crippen molar-refractivity contribution in [1.82, 2.24) is 14.7 Å². The summed E-state index contributed by atoms with van der Waals surface area (Å²) in [5.41, 5.74) is 1.65. The monoisotopic (exact) mass is 725 g/mol. The molecule has 2 heterocycles. The Morgan fingerprint density at radius 2 is 1.52 bits per heavy atom. The summed E-state index contributed by atoms with van der Waals surface area (Å²) in [6.07, 6.45) is -0.830. The van der Waals surface area contributed by atoms with Crippen molar-refractivity contribution in [3.8, 4) is 11.5 Å². The molecule has 0 unspecified atom stereocenters. The van der Waals surface area contributed by atoms with Gasteiger partial charge in [-0.05, 0) is 84.8 Å². The van der Waals surface area contributed by atoms with Crippen molar-refractivity contribution in [3.63, 3.8) is 0 Å². The Hall–Kier alpha value is -4.65. The molecule has 2 aliphatic heterocycles. The first-order chi connectivity index (χ1) is 23.1. The minimum Gasteiger partial charge on any atom is -0.490 e. The van der Waals surface area contributed by atoms with E-state index in [1.54, 1.807) is 29.2 Å². The minimum absolute atomic E-state index is 0.0339. The van der Waals surface area contributed by atoms with Crippen molar-refractivity contribution in [3.05, 3.63) is 99.5 Å². The Morgan fingerprint density at radius 1 is 0.875 bits per heavy atom.